The molecule has 33 heavy (non-hydrogen) atoms. The molecule has 2 aromatic heterocycles. The minimum Gasteiger partial charge on any atom is -0.352 e. The van der Waals surface area contributed by atoms with Crippen molar-refractivity contribution in [1.29, 1.82) is 0 Å². The van der Waals surface area contributed by atoms with Crippen LogP contribution in [-0.2, 0) is 13.0 Å². The molecule has 0 saturated carbocycles. The van der Waals surface area contributed by atoms with Gasteiger partial charge in [0, 0.05) is 37.1 Å². The molecular weight excluding hydrogens is 419 g/mol. The molecule has 0 aliphatic carbocycles. The van der Waals surface area contributed by atoms with Crippen LogP contribution in [0.25, 0.3) is 0 Å². The number of carbonyl (C=O) groups excluding carboxylic acids is 1. The van der Waals surface area contributed by atoms with Crippen molar-refractivity contribution < 1.29 is 9.18 Å². The number of aryl methyl sites for hydroxylation is 2. The minimum absolute atomic E-state index is 0.132. The summed E-state index contributed by atoms with van der Waals surface area (Å²) in [6, 6.07) is 6.44. The van der Waals surface area contributed by atoms with E-state index in [1.165, 1.54) is 18.3 Å². The number of benzene rings is 1. The lowest BCUT2D eigenvalue weighted by molar-refractivity contribution is 0.0723. The summed E-state index contributed by atoms with van der Waals surface area (Å²) in [5.74, 6) is 1.25. The first-order valence-electron chi connectivity index (χ1n) is 11.5. The summed E-state index contributed by atoms with van der Waals surface area (Å²) in [7, 11) is 0. The molecule has 3 aromatic rings. The molecule has 7 nitrogen and oxygen atoms in total. The molecular formula is C25H27FN6O. The van der Waals surface area contributed by atoms with Crippen LogP contribution in [0.4, 0.5) is 10.2 Å². The average molecular weight is 447 g/mol. The van der Waals surface area contributed by atoms with Crippen molar-refractivity contribution in [2.24, 2.45) is 0 Å². The first kappa shape index (κ1) is 21.4. The molecule has 0 spiro atoms. The first-order chi connectivity index (χ1) is 16.0. The zero-order valence-corrected chi connectivity index (χ0v) is 19.0. The molecule has 5 rings (SSSR count). The van der Waals surface area contributed by atoms with E-state index >= 15 is 0 Å². The Morgan fingerprint density at radius 2 is 1.88 bits per heavy atom. The van der Waals surface area contributed by atoms with Gasteiger partial charge in [-0.1, -0.05) is 12.1 Å². The molecule has 0 N–H and O–H groups in total. The van der Waals surface area contributed by atoms with E-state index in [4.69, 9.17) is 9.97 Å². The summed E-state index contributed by atoms with van der Waals surface area (Å²) in [5, 5.41) is 0. The fraction of sp³-hybridized carbons (Fsp3) is 0.400. The zero-order chi connectivity index (χ0) is 22.9. The van der Waals surface area contributed by atoms with Crippen LogP contribution in [0.15, 0.2) is 36.7 Å². The Balaban J connectivity index is 1.45. The summed E-state index contributed by atoms with van der Waals surface area (Å²) in [6.07, 6.45) is 6.84. The van der Waals surface area contributed by atoms with Crippen molar-refractivity contribution >= 4 is 11.7 Å². The molecule has 8 heteroatoms. The number of hydrogen-bond donors (Lipinski definition) is 0. The highest BCUT2D eigenvalue weighted by Crippen LogP contribution is 2.35. The predicted molar refractivity (Wildman–Crippen MR) is 122 cm³/mol. The van der Waals surface area contributed by atoms with Crippen molar-refractivity contribution in [3.05, 3.63) is 76.5 Å². The smallest absolute Gasteiger partial charge is 0.274 e. The van der Waals surface area contributed by atoms with Gasteiger partial charge in [-0.25, -0.2) is 19.3 Å². The largest absolute Gasteiger partial charge is 0.352 e. The van der Waals surface area contributed by atoms with Gasteiger partial charge in [0.05, 0.1) is 17.9 Å². The number of rotatable bonds is 4. The fourth-order valence-electron chi connectivity index (χ4n) is 4.75. The predicted octanol–water partition coefficient (Wildman–Crippen LogP) is 3.95. The molecule has 1 atom stereocenters. The van der Waals surface area contributed by atoms with E-state index in [1.807, 2.05) is 30.9 Å². The lowest BCUT2D eigenvalue weighted by Gasteiger charge is -2.32. The first-order valence-corrected chi connectivity index (χ1v) is 11.5. The quantitative estimate of drug-likeness (QED) is 0.604. The van der Waals surface area contributed by atoms with Gasteiger partial charge in [-0.3, -0.25) is 9.78 Å². The molecule has 0 bridgehead atoms. The Labute approximate surface area is 192 Å². The monoisotopic (exact) mass is 446 g/mol. The van der Waals surface area contributed by atoms with Crippen molar-refractivity contribution in [3.8, 4) is 0 Å². The zero-order valence-electron chi connectivity index (χ0n) is 19.0. The van der Waals surface area contributed by atoms with Crippen molar-refractivity contribution in [1.82, 2.24) is 24.8 Å². The standard InChI is InChI=1S/C25H27FN6O/c1-16-13-28-21(14-27-16)25(33)32-12-4-6-22(32)23-29-17(2)20-5-3-11-31(24(20)30-23)15-18-7-9-19(26)10-8-18/h7-10,13-14,22H,3-6,11-12,15H2,1-2H3/t22-/m0/s1. The van der Waals surface area contributed by atoms with Crippen molar-refractivity contribution in [3.63, 3.8) is 0 Å². The highest BCUT2D eigenvalue weighted by Gasteiger charge is 2.35. The van der Waals surface area contributed by atoms with Gasteiger partial charge in [0.25, 0.3) is 5.91 Å². The van der Waals surface area contributed by atoms with Gasteiger partial charge in [0.1, 0.15) is 17.3 Å². The maximum absolute atomic E-state index is 13.4. The lowest BCUT2D eigenvalue weighted by atomic mass is 10.0. The normalized spacial score (nSPS) is 17.8. The number of halogens is 1. The van der Waals surface area contributed by atoms with Crippen LogP contribution in [-0.4, -0.2) is 43.8 Å². The third kappa shape index (κ3) is 4.29. The number of nitrogens with zero attached hydrogens (tertiary/aromatic N) is 6. The number of anilines is 1. The SMILES string of the molecule is Cc1cnc(C(=O)N2CCC[C@H]2c2nc(C)c3c(n2)N(Cc2ccc(F)cc2)CCC3)cn1. The minimum atomic E-state index is -0.234. The van der Waals surface area contributed by atoms with Crippen molar-refractivity contribution in [2.45, 2.75) is 52.1 Å². The van der Waals surface area contributed by atoms with Gasteiger partial charge in [-0.05, 0) is 57.2 Å². The number of amides is 1. The Kier molecular flexibility index (Phi) is 5.74. The highest BCUT2D eigenvalue weighted by molar-refractivity contribution is 5.92. The molecule has 0 radical (unpaired) electrons. The van der Waals surface area contributed by atoms with Crippen LogP contribution in [0, 0.1) is 19.7 Å². The second-order valence-electron chi connectivity index (χ2n) is 8.82. The van der Waals surface area contributed by atoms with E-state index in [1.54, 1.807) is 6.20 Å². The van der Waals surface area contributed by atoms with Gasteiger partial charge in [-0.2, -0.15) is 0 Å². The summed E-state index contributed by atoms with van der Waals surface area (Å²) in [4.78, 5) is 35.6. The van der Waals surface area contributed by atoms with E-state index in [0.717, 1.165) is 60.6 Å². The van der Waals surface area contributed by atoms with E-state index in [0.29, 0.717) is 24.6 Å². The number of hydrogen-bond acceptors (Lipinski definition) is 6. The summed E-state index contributed by atoms with van der Waals surface area (Å²) < 4.78 is 13.4. The van der Waals surface area contributed by atoms with Crippen LogP contribution in [0.2, 0.25) is 0 Å². The molecule has 1 saturated heterocycles. The van der Waals surface area contributed by atoms with Gasteiger partial charge < -0.3 is 9.80 Å². The molecule has 2 aliphatic rings. The fourth-order valence-corrected chi connectivity index (χ4v) is 4.75. The third-order valence-electron chi connectivity index (χ3n) is 6.46. The lowest BCUT2D eigenvalue weighted by Crippen LogP contribution is -2.34. The molecule has 2 aliphatic heterocycles. The van der Waals surface area contributed by atoms with Crippen LogP contribution in [0.3, 0.4) is 0 Å². The van der Waals surface area contributed by atoms with E-state index in [2.05, 4.69) is 14.9 Å². The van der Waals surface area contributed by atoms with Crippen LogP contribution in [0.1, 0.15) is 64.1 Å². The second kappa shape index (κ2) is 8.84. The Morgan fingerprint density at radius 1 is 1.06 bits per heavy atom. The Morgan fingerprint density at radius 3 is 2.64 bits per heavy atom. The van der Waals surface area contributed by atoms with Gasteiger partial charge >= 0.3 is 0 Å². The molecule has 170 valence electrons. The maximum atomic E-state index is 13.4. The molecule has 4 heterocycles. The van der Waals surface area contributed by atoms with Gasteiger partial charge in [0.15, 0.2) is 5.82 Å². The molecule has 0 unspecified atom stereocenters. The number of aromatic nitrogens is 4. The van der Waals surface area contributed by atoms with Crippen LogP contribution >= 0.6 is 0 Å². The summed E-state index contributed by atoms with van der Waals surface area (Å²) in [6.45, 7) is 6.07. The molecule has 1 fully saturated rings. The highest BCUT2D eigenvalue weighted by atomic mass is 19.1. The van der Waals surface area contributed by atoms with E-state index in [9.17, 15) is 9.18 Å². The summed E-state index contributed by atoms with van der Waals surface area (Å²) in [5.41, 5.74) is 4.29. The van der Waals surface area contributed by atoms with Crippen LogP contribution in [0.5, 0.6) is 0 Å². The maximum Gasteiger partial charge on any atom is 0.274 e. The Bertz CT molecular complexity index is 1160. The number of likely N-dealkylation sites (tertiary alicyclic amines) is 1. The summed E-state index contributed by atoms with van der Waals surface area (Å²) >= 11 is 0. The molecule has 1 amide bonds. The van der Waals surface area contributed by atoms with Crippen molar-refractivity contribution in [2.75, 3.05) is 18.0 Å². The third-order valence-corrected chi connectivity index (χ3v) is 6.46. The van der Waals surface area contributed by atoms with Crippen LogP contribution < -0.4 is 4.90 Å². The Hall–Kier alpha value is -3.42. The number of carbonyl (C=O) groups is 1. The topological polar surface area (TPSA) is 75.1 Å². The second-order valence-corrected chi connectivity index (χ2v) is 8.82. The van der Waals surface area contributed by atoms with E-state index in [-0.39, 0.29) is 17.8 Å². The van der Waals surface area contributed by atoms with Gasteiger partial charge in [0.2, 0.25) is 0 Å². The number of fused-ring (bicyclic) bond motifs is 1. The average Bonchev–Trinajstić information content (AvgIpc) is 3.31. The van der Waals surface area contributed by atoms with Gasteiger partial charge in [-0.15, -0.1) is 0 Å². The molecule has 1 aromatic carbocycles. The van der Waals surface area contributed by atoms with E-state index < -0.39 is 0 Å².